The molecule has 0 aliphatic carbocycles. The van der Waals surface area contributed by atoms with E-state index >= 15 is 0 Å². The van der Waals surface area contributed by atoms with Crippen LogP contribution in [-0.4, -0.2) is 23.5 Å². The van der Waals surface area contributed by atoms with Crippen molar-refractivity contribution in [1.29, 1.82) is 0 Å². The summed E-state index contributed by atoms with van der Waals surface area (Å²) in [7, 11) is -1.17. The molecule has 2 atom stereocenters. The maximum Gasteiger partial charge on any atom is 0.124 e. The van der Waals surface area contributed by atoms with Crippen LogP contribution in [0.1, 0.15) is 12.8 Å². The predicted molar refractivity (Wildman–Crippen MR) is 64.2 cm³/mol. The molecular formula is C11H16N2O2S. The van der Waals surface area contributed by atoms with Crippen molar-refractivity contribution in [3.05, 3.63) is 24.3 Å². The SMILES string of the molecule is Nc1ccc(S(=O)NCC2CCCO2)cc1. The molecular weight excluding hydrogens is 224 g/mol. The van der Waals surface area contributed by atoms with Crippen LogP contribution in [0.15, 0.2) is 29.2 Å². The molecule has 2 rings (SSSR count). The van der Waals surface area contributed by atoms with Gasteiger partial charge in [-0.1, -0.05) is 0 Å². The molecule has 5 heteroatoms. The quantitative estimate of drug-likeness (QED) is 0.773. The average Bonchev–Trinajstić information content (AvgIpc) is 2.80. The first-order valence-corrected chi connectivity index (χ1v) is 6.53. The van der Waals surface area contributed by atoms with Gasteiger partial charge in [0.2, 0.25) is 0 Å². The highest BCUT2D eigenvalue weighted by molar-refractivity contribution is 7.83. The van der Waals surface area contributed by atoms with E-state index in [1.165, 1.54) is 0 Å². The number of benzene rings is 1. The summed E-state index contributed by atoms with van der Waals surface area (Å²) >= 11 is 0. The fraction of sp³-hybridized carbons (Fsp3) is 0.455. The number of nitrogens with one attached hydrogen (secondary N) is 1. The van der Waals surface area contributed by atoms with E-state index in [1.54, 1.807) is 24.3 Å². The van der Waals surface area contributed by atoms with E-state index in [1.807, 2.05) is 0 Å². The third-order valence-electron chi connectivity index (χ3n) is 2.56. The molecule has 1 aromatic carbocycles. The summed E-state index contributed by atoms with van der Waals surface area (Å²) in [5.41, 5.74) is 6.24. The minimum Gasteiger partial charge on any atom is -0.399 e. The second-order valence-corrected chi connectivity index (χ2v) is 5.12. The van der Waals surface area contributed by atoms with Gasteiger partial charge in [-0.2, -0.15) is 0 Å². The van der Waals surface area contributed by atoms with Gasteiger partial charge in [-0.15, -0.1) is 0 Å². The first kappa shape index (κ1) is 11.6. The molecule has 88 valence electrons. The van der Waals surface area contributed by atoms with Gasteiger partial charge in [0, 0.05) is 18.8 Å². The van der Waals surface area contributed by atoms with Crippen molar-refractivity contribution in [1.82, 2.24) is 4.72 Å². The van der Waals surface area contributed by atoms with E-state index in [-0.39, 0.29) is 6.10 Å². The van der Waals surface area contributed by atoms with Crippen molar-refractivity contribution in [2.45, 2.75) is 23.8 Å². The van der Waals surface area contributed by atoms with Gasteiger partial charge in [-0.25, -0.2) is 8.93 Å². The van der Waals surface area contributed by atoms with Crippen LogP contribution in [0.5, 0.6) is 0 Å². The van der Waals surface area contributed by atoms with E-state index in [0.717, 1.165) is 24.3 Å². The second kappa shape index (κ2) is 5.43. The van der Waals surface area contributed by atoms with Crippen molar-refractivity contribution in [3.63, 3.8) is 0 Å². The molecule has 1 aromatic rings. The Morgan fingerprint density at radius 1 is 1.44 bits per heavy atom. The number of rotatable bonds is 4. The Morgan fingerprint density at radius 3 is 2.81 bits per heavy atom. The molecule has 1 heterocycles. The molecule has 1 saturated heterocycles. The second-order valence-electron chi connectivity index (χ2n) is 3.82. The third-order valence-corrected chi connectivity index (χ3v) is 3.69. The van der Waals surface area contributed by atoms with Gasteiger partial charge < -0.3 is 10.5 Å². The summed E-state index contributed by atoms with van der Waals surface area (Å²) in [4.78, 5) is 0.743. The first-order chi connectivity index (χ1) is 7.75. The molecule has 0 amide bonds. The average molecular weight is 240 g/mol. The lowest BCUT2D eigenvalue weighted by atomic mass is 10.2. The highest BCUT2D eigenvalue weighted by Gasteiger charge is 2.16. The molecule has 1 aliphatic heterocycles. The number of hydrogen-bond donors (Lipinski definition) is 2. The summed E-state index contributed by atoms with van der Waals surface area (Å²) in [5, 5.41) is 0. The molecule has 3 N–H and O–H groups in total. The summed E-state index contributed by atoms with van der Waals surface area (Å²) in [6, 6.07) is 7.05. The molecule has 1 fully saturated rings. The fourth-order valence-electron chi connectivity index (χ4n) is 1.65. The van der Waals surface area contributed by atoms with Crippen molar-refractivity contribution >= 4 is 16.7 Å². The maximum atomic E-state index is 11.8. The Labute approximate surface area is 97.8 Å². The number of anilines is 1. The van der Waals surface area contributed by atoms with Crippen molar-refractivity contribution < 1.29 is 8.95 Å². The number of nitrogen functional groups attached to an aromatic ring is 1. The van der Waals surface area contributed by atoms with Gasteiger partial charge in [0.15, 0.2) is 0 Å². The Hall–Kier alpha value is -0.910. The van der Waals surface area contributed by atoms with Crippen LogP contribution >= 0.6 is 0 Å². The molecule has 4 nitrogen and oxygen atoms in total. The smallest absolute Gasteiger partial charge is 0.124 e. The Balaban J connectivity index is 1.85. The van der Waals surface area contributed by atoms with E-state index < -0.39 is 11.0 Å². The van der Waals surface area contributed by atoms with Crippen LogP contribution in [0.25, 0.3) is 0 Å². The number of nitrogens with two attached hydrogens (primary N) is 1. The minimum absolute atomic E-state index is 0.206. The minimum atomic E-state index is -1.17. The van der Waals surface area contributed by atoms with E-state index in [2.05, 4.69) is 4.72 Å². The van der Waals surface area contributed by atoms with Gasteiger partial charge in [0.1, 0.15) is 11.0 Å². The van der Waals surface area contributed by atoms with E-state index in [0.29, 0.717) is 12.2 Å². The normalized spacial score (nSPS) is 22.1. The third kappa shape index (κ3) is 3.04. The molecule has 0 saturated carbocycles. The Kier molecular flexibility index (Phi) is 3.93. The Morgan fingerprint density at radius 2 is 2.19 bits per heavy atom. The molecule has 1 aliphatic rings. The Bertz CT molecular complexity index is 361. The van der Waals surface area contributed by atoms with Crippen molar-refractivity contribution in [3.8, 4) is 0 Å². The van der Waals surface area contributed by atoms with E-state index in [9.17, 15) is 4.21 Å². The van der Waals surface area contributed by atoms with Crippen LogP contribution in [0.3, 0.4) is 0 Å². The number of ether oxygens (including phenoxy) is 1. The standard InChI is InChI=1S/C11H16N2O2S/c12-9-3-5-11(6-4-9)16(14)13-8-10-2-1-7-15-10/h3-6,10,13H,1-2,7-8,12H2. The van der Waals surface area contributed by atoms with Gasteiger partial charge in [-0.05, 0) is 37.1 Å². The summed E-state index contributed by atoms with van der Waals surface area (Å²) in [6.45, 7) is 1.46. The zero-order chi connectivity index (χ0) is 11.4. The summed E-state index contributed by atoms with van der Waals surface area (Å²) < 4.78 is 20.2. The monoisotopic (exact) mass is 240 g/mol. The summed E-state index contributed by atoms with van der Waals surface area (Å²) in [5.74, 6) is 0. The van der Waals surface area contributed by atoms with Crippen LogP contribution < -0.4 is 10.5 Å². The lowest BCUT2D eigenvalue weighted by molar-refractivity contribution is 0.115. The van der Waals surface area contributed by atoms with Crippen LogP contribution in [0.2, 0.25) is 0 Å². The highest BCUT2D eigenvalue weighted by atomic mass is 32.2. The molecule has 16 heavy (non-hydrogen) atoms. The van der Waals surface area contributed by atoms with Gasteiger partial charge in [0.05, 0.1) is 11.0 Å². The van der Waals surface area contributed by atoms with Crippen molar-refractivity contribution in [2.24, 2.45) is 0 Å². The lowest BCUT2D eigenvalue weighted by Gasteiger charge is -2.10. The number of hydrogen-bond acceptors (Lipinski definition) is 3. The molecule has 0 radical (unpaired) electrons. The molecule has 0 aromatic heterocycles. The fourth-order valence-corrected chi connectivity index (χ4v) is 2.54. The topological polar surface area (TPSA) is 64.4 Å². The molecule has 0 bridgehead atoms. The lowest BCUT2D eigenvalue weighted by Crippen LogP contribution is -2.27. The van der Waals surface area contributed by atoms with Gasteiger partial charge in [0.25, 0.3) is 0 Å². The van der Waals surface area contributed by atoms with Crippen LogP contribution in [0, 0.1) is 0 Å². The van der Waals surface area contributed by atoms with Crippen LogP contribution in [-0.2, 0) is 15.7 Å². The molecule has 2 unspecified atom stereocenters. The zero-order valence-electron chi connectivity index (χ0n) is 9.02. The molecule has 0 spiro atoms. The van der Waals surface area contributed by atoms with Gasteiger partial charge in [-0.3, -0.25) is 0 Å². The van der Waals surface area contributed by atoms with Crippen molar-refractivity contribution in [2.75, 3.05) is 18.9 Å². The van der Waals surface area contributed by atoms with Gasteiger partial charge >= 0.3 is 0 Å². The first-order valence-electron chi connectivity index (χ1n) is 5.38. The summed E-state index contributed by atoms with van der Waals surface area (Å²) in [6.07, 6.45) is 2.35. The van der Waals surface area contributed by atoms with E-state index in [4.69, 9.17) is 10.5 Å². The maximum absolute atomic E-state index is 11.8. The van der Waals surface area contributed by atoms with Crippen LogP contribution in [0.4, 0.5) is 5.69 Å². The zero-order valence-corrected chi connectivity index (χ0v) is 9.83. The largest absolute Gasteiger partial charge is 0.399 e. The predicted octanol–water partition coefficient (Wildman–Crippen LogP) is 1.06. The highest BCUT2D eigenvalue weighted by Crippen LogP contribution is 2.12.